The maximum Gasteiger partial charge on any atom is 0.247 e. The maximum atomic E-state index is 11.7. The number of halogens is 1. The third-order valence-corrected chi connectivity index (χ3v) is 9.31. The fraction of sp³-hybridized carbons (Fsp3) is 0.324. The summed E-state index contributed by atoms with van der Waals surface area (Å²) in [5, 5.41) is 14.8. The average molecular weight is 678 g/mol. The van der Waals surface area contributed by atoms with Crippen LogP contribution in [0.1, 0.15) is 36.8 Å². The molecular weight excluding hydrogens is 641 g/mol. The van der Waals surface area contributed by atoms with Gasteiger partial charge >= 0.3 is 0 Å². The Morgan fingerprint density at radius 2 is 1.64 bits per heavy atom. The van der Waals surface area contributed by atoms with E-state index in [0.29, 0.717) is 17.8 Å². The molecule has 246 valence electrons. The first-order valence-electron chi connectivity index (χ1n) is 15.3. The van der Waals surface area contributed by atoms with Gasteiger partial charge in [-0.15, -0.1) is 11.6 Å². The molecule has 5 aromatic rings. The van der Waals surface area contributed by atoms with Crippen LogP contribution in [0.2, 0.25) is 0 Å². The van der Waals surface area contributed by atoms with E-state index in [2.05, 4.69) is 34.6 Å². The molecule has 0 spiro atoms. The number of fused-ring (bicyclic) bond motifs is 1. The molecule has 1 aliphatic rings. The number of hydrogen-bond donors (Lipinski definition) is 2. The van der Waals surface area contributed by atoms with Gasteiger partial charge in [-0.2, -0.15) is 9.97 Å². The topological polar surface area (TPSA) is 130 Å². The van der Waals surface area contributed by atoms with Gasteiger partial charge in [-0.3, -0.25) is 9.13 Å². The monoisotopic (exact) mass is 677 g/mol. The van der Waals surface area contributed by atoms with E-state index in [9.17, 15) is 9.67 Å². The van der Waals surface area contributed by atoms with Crippen LogP contribution >= 0.6 is 19.6 Å². The lowest BCUT2D eigenvalue weighted by atomic mass is 9.77. The molecule has 0 aliphatic carbocycles. The third-order valence-electron chi connectivity index (χ3n) is 8.33. The molecule has 1 aliphatic heterocycles. The molecule has 6 rings (SSSR count). The van der Waals surface area contributed by atoms with E-state index in [1.54, 1.807) is 24.9 Å². The first-order chi connectivity index (χ1) is 22.7. The highest BCUT2D eigenvalue weighted by Gasteiger charge is 2.53. The van der Waals surface area contributed by atoms with Gasteiger partial charge < -0.3 is 29.2 Å². The van der Waals surface area contributed by atoms with Crippen LogP contribution < -0.4 is 14.8 Å². The highest BCUT2D eigenvalue weighted by Crippen LogP contribution is 2.46. The quantitative estimate of drug-likeness (QED) is 0.0919. The summed E-state index contributed by atoms with van der Waals surface area (Å²) in [6, 6.07) is 28.0. The summed E-state index contributed by atoms with van der Waals surface area (Å²) in [6.07, 6.45) is -1.30. The first kappa shape index (κ1) is 32.9. The number of hydrogen-bond acceptors (Lipinski definition) is 10. The van der Waals surface area contributed by atoms with Gasteiger partial charge in [-0.1, -0.05) is 72.8 Å². The van der Waals surface area contributed by atoms with Crippen molar-refractivity contribution in [2.24, 2.45) is 0 Å². The zero-order valence-corrected chi connectivity index (χ0v) is 28.2. The van der Waals surface area contributed by atoms with Crippen molar-refractivity contribution in [2.75, 3.05) is 32.3 Å². The molecule has 0 saturated carbocycles. The van der Waals surface area contributed by atoms with Gasteiger partial charge in [0.1, 0.15) is 28.4 Å². The zero-order valence-electron chi connectivity index (χ0n) is 26.5. The molecule has 1 unspecified atom stereocenters. The van der Waals surface area contributed by atoms with E-state index in [0.717, 1.165) is 22.4 Å². The van der Waals surface area contributed by atoms with Crippen molar-refractivity contribution >= 4 is 36.7 Å². The Balaban J connectivity index is 1.53. The normalized spacial score (nSPS) is 21.9. The molecule has 3 heterocycles. The van der Waals surface area contributed by atoms with Crippen molar-refractivity contribution in [3.8, 4) is 11.6 Å². The Kier molecular flexibility index (Phi) is 9.55. The van der Waals surface area contributed by atoms with Gasteiger partial charge in [0.25, 0.3) is 0 Å². The number of nitrogens with zero attached hydrogens (tertiary/aromatic N) is 4. The minimum atomic E-state index is -2.25. The van der Waals surface area contributed by atoms with E-state index in [1.165, 1.54) is 6.66 Å². The minimum Gasteiger partial charge on any atom is -0.497 e. The standard InChI is InChI=1S/C34H37ClN5O6P/c1-5-44-30-27-29(40(21-36-27)31-33(2,35)28(41)26(46-31)20-45-47(4)42)37-32(38-30)39-34(22-12-8-6-9-13-22,23-14-10-7-11-15-23)24-16-18-25(43-3)19-17-24/h6-19,21,26,28,31,41,47H,5,20H2,1-4H3,(H,37,38,39)/t26-,28-,31-,33-/m1/s1. The van der Waals surface area contributed by atoms with Crippen LogP contribution in [0.15, 0.2) is 91.3 Å². The molecule has 2 aromatic heterocycles. The van der Waals surface area contributed by atoms with Crippen LogP contribution in [0.4, 0.5) is 5.95 Å². The van der Waals surface area contributed by atoms with Crippen molar-refractivity contribution in [1.29, 1.82) is 0 Å². The van der Waals surface area contributed by atoms with Gasteiger partial charge in [0.05, 0.1) is 26.7 Å². The average Bonchev–Trinajstić information content (AvgIpc) is 3.60. The highest BCUT2D eigenvalue weighted by molar-refractivity contribution is 7.38. The van der Waals surface area contributed by atoms with E-state index in [4.69, 9.17) is 40.3 Å². The van der Waals surface area contributed by atoms with Gasteiger partial charge in [0.2, 0.25) is 11.8 Å². The van der Waals surface area contributed by atoms with Gasteiger partial charge in [0, 0.05) is 6.66 Å². The molecule has 13 heteroatoms. The molecule has 1 saturated heterocycles. The molecule has 1 fully saturated rings. The SMILES string of the molecule is CCOc1nc(NC(c2ccccc2)(c2ccccc2)c2ccc(OC)cc2)nc2c1ncn2[C@@H]1O[C@H](CO[PH](C)=O)[C@@H](O)[C@@]1(C)Cl. The van der Waals surface area contributed by atoms with Crippen molar-refractivity contribution in [3.05, 3.63) is 108 Å². The van der Waals surface area contributed by atoms with Gasteiger partial charge in [-0.05, 0) is 42.7 Å². The van der Waals surface area contributed by atoms with Crippen LogP contribution in [0.5, 0.6) is 11.6 Å². The summed E-state index contributed by atoms with van der Waals surface area (Å²) in [7, 11) is -0.614. The Morgan fingerprint density at radius 3 is 2.21 bits per heavy atom. The Bertz CT molecular complexity index is 1800. The highest BCUT2D eigenvalue weighted by atomic mass is 35.5. The number of aliphatic hydroxyl groups excluding tert-OH is 1. The van der Waals surface area contributed by atoms with Crippen LogP contribution in [-0.2, 0) is 19.4 Å². The summed E-state index contributed by atoms with van der Waals surface area (Å²) < 4.78 is 36.4. The van der Waals surface area contributed by atoms with Crippen molar-refractivity contribution in [1.82, 2.24) is 19.5 Å². The summed E-state index contributed by atoms with van der Waals surface area (Å²) in [6.45, 7) is 5.27. The number of imidazole rings is 1. The smallest absolute Gasteiger partial charge is 0.247 e. The fourth-order valence-corrected chi connectivity index (χ4v) is 6.70. The van der Waals surface area contributed by atoms with Gasteiger partial charge in [-0.25, -0.2) is 4.98 Å². The summed E-state index contributed by atoms with van der Waals surface area (Å²) in [5.41, 5.74) is 2.62. The number of nitrogens with one attached hydrogen (secondary N) is 1. The van der Waals surface area contributed by atoms with E-state index in [-0.39, 0.29) is 18.4 Å². The predicted molar refractivity (Wildman–Crippen MR) is 181 cm³/mol. The number of aromatic nitrogens is 4. The number of alkyl halides is 1. The lowest BCUT2D eigenvalue weighted by Crippen LogP contribution is -2.40. The number of anilines is 1. The lowest BCUT2D eigenvalue weighted by Gasteiger charge is -2.37. The molecule has 0 bridgehead atoms. The molecule has 11 nitrogen and oxygen atoms in total. The van der Waals surface area contributed by atoms with Crippen molar-refractivity contribution < 1.29 is 28.4 Å². The summed E-state index contributed by atoms with van der Waals surface area (Å²) in [5.74, 6) is 1.25. The largest absolute Gasteiger partial charge is 0.497 e. The Morgan fingerprint density at radius 1 is 1.02 bits per heavy atom. The molecule has 3 aromatic carbocycles. The minimum absolute atomic E-state index is 0.0780. The second kappa shape index (κ2) is 13.6. The first-order valence-corrected chi connectivity index (χ1v) is 17.5. The number of ether oxygens (including phenoxy) is 3. The van der Waals surface area contributed by atoms with Crippen molar-refractivity contribution in [2.45, 2.75) is 42.7 Å². The molecule has 2 N–H and O–H groups in total. The number of methoxy groups -OCH3 is 1. The molecule has 47 heavy (non-hydrogen) atoms. The number of benzene rings is 3. The summed E-state index contributed by atoms with van der Waals surface area (Å²) in [4.78, 5) is 13.1. The van der Waals surface area contributed by atoms with Gasteiger partial charge in [0.15, 0.2) is 25.4 Å². The second-order valence-corrected chi connectivity index (χ2v) is 13.5. The van der Waals surface area contributed by atoms with Crippen LogP contribution in [0.3, 0.4) is 0 Å². The van der Waals surface area contributed by atoms with E-state index in [1.807, 2.05) is 67.6 Å². The van der Waals surface area contributed by atoms with Crippen LogP contribution in [0.25, 0.3) is 11.2 Å². The summed E-state index contributed by atoms with van der Waals surface area (Å²) >= 11 is 6.95. The zero-order chi connectivity index (χ0) is 33.2. The molecule has 5 atom stereocenters. The lowest BCUT2D eigenvalue weighted by molar-refractivity contribution is -0.0378. The number of aliphatic hydroxyl groups is 1. The second-order valence-electron chi connectivity index (χ2n) is 11.4. The van der Waals surface area contributed by atoms with Crippen LogP contribution in [0, 0.1) is 0 Å². The van der Waals surface area contributed by atoms with E-state index >= 15 is 0 Å². The number of rotatable bonds is 12. The Hall–Kier alpha value is -3.99. The molecular formula is C34H37ClN5O6P. The van der Waals surface area contributed by atoms with E-state index < -0.39 is 36.9 Å². The fourth-order valence-electron chi connectivity index (χ4n) is 6.01. The predicted octanol–water partition coefficient (Wildman–Crippen LogP) is 6.01. The van der Waals surface area contributed by atoms with Crippen molar-refractivity contribution in [3.63, 3.8) is 0 Å². The Labute approximate surface area is 278 Å². The van der Waals surface area contributed by atoms with Crippen LogP contribution in [-0.4, -0.2) is 68.7 Å². The maximum absolute atomic E-state index is 11.7. The molecule has 0 amide bonds. The third kappa shape index (κ3) is 6.22. The molecule has 0 radical (unpaired) electrons.